The Balaban J connectivity index is 1.84. The molecular formula is C16H15N3O3S. The van der Waals surface area contributed by atoms with Crippen LogP contribution < -0.4 is 10.5 Å². The quantitative estimate of drug-likeness (QED) is 0.678. The van der Waals surface area contributed by atoms with Gasteiger partial charge in [-0.1, -0.05) is 12.1 Å². The smallest absolute Gasteiger partial charge is 0.265 e. The summed E-state index contributed by atoms with van der Waals surface area (Å²) in [7, 11) is -3.92. The number of aromatic amines is 1. The number of carbonyl (C=O) groups excluding carboxylic acids is 1. The van der Waals surface area contributed by atoms with E-state index in [-0.39, 0.29) is 10.5 Å². The Kier molecular flexibility index (Phi) is 3.89. The second-order valence-corrected chi connectivity index (χ2v) is 6.74. The van der Waals surface area contributed by atoms with Crippen molar-refractivity contribution in [3.8, 4) is 0 Å². The molecule has 23 heavy (non-hydrogen) atoms. The second kappa shape index (κ2) is 5.86. The number of hydrogen-bond acceptors (Lipinski definition) is 4. The molecule has 0 saturated heterocycles. The van der Waals surface area contributed by atoms with Gasteiger partial charge in [0.2, 0.25) is 0 Å². The van der Waals surface area contributed by atoms with E-state index in [2.05, 4.69) is 9.71 Å². The molecule has 0 radical (unpaired) electrons. The number of fused-ring (bicyclic) bond motifs is 1. The summed E-state index contributed by atoms with van der Waals surface area (Å²) in [5.74, 6) is -0.670. The summed E-state index contributed by atoms with van der Waals surface area (Å²) < 4.78 is 26.6. The summed E-state index contributed by atoms with van der Waals surface area (Å²) in [6, 6.07) is 12.8. The van der Waals surface area contributed by atoms with Crippen molar-refractivity contribution in [3.63, 3.8) is 0 Å². The summed E-state index contributed by atoms with van der Waals surface area (Å²) in [5, 5.41) is 0.836. The fourth-order valence-corrected chi connectivity index (χ4v) is 3.21. The van der Waals surface area contributed by atoms with E-state index in [4.69, 9.17) is 5.73 Å². The summed E-state index contributed by atoms with van der Waals surface area (Å²) >= 11 is 0. The third-order valence-electron chi connectivity index (χ3n) is 3.51. The Labute approximate surface area is 133 Å². The van der Waals surface area contributed by atoms with Gasteiger partial charge in [-0.2, -0.15) is 0 Å². The summed E-state index contributed by atoms with van der Waals surface area (Å²) in [6.45, 7) is 0.323. The number of benzene rings is 2. The first kappa shape index (κ1) is 15.3. The molecule has 118 valence electrons. The molecule has 1 heterocycles. The molecule has 1 amide bonds. The van der Waals surface area contributed by atoms with E-state index in [0.29, 0.717) is 6.54 Å². The van der Waals surface area contributed by atoms with Crippen molar-refractivity contribution in [1.82, 2.24) is 9.71 Å². The maximum Gasteiger partial charge on any atom is 0.265 e. The highest BCUT2D eigenvalue weighted by molar-refractivity contribution is 7.90. The molecule has 0 unspecified atom stereocenters. The number of aromatic nitrogens is 1. The maximum absolute atomic E-state index is 12.3. The fraction of sp³-hybridized carbons (Fsp3) is 0.0625. The molecule has 0 aliphatic heterocycles. The summed E-state index contributed by atoms with van der Waals surface area (Å²) in [5.41, 5.74) is 7.45. The molecule has 3 rings (SSSR count). The largest absolute Gasteiger partial charge is 0.361 e. The topological polar surface area (TPSA) is 105 Å². The van der Waals surface area contributed by atoms with Crippen molar-refractivity contribution in [2.24, 2.45) is 5.73 Å². The zero-order valence-electron chi connectivity index (χ0n) is 12.1. The second-order valence-electron chi connectivity index (χ2n) is 5.06. The number of nitrogens with one attached hydrogen (secondary N) is 2. The van der Waals surface area contributed by atoms with E-state index in [1.54, 1.807) is 36.5 Å². The van der Waals surface area contributed by atoms with Gasteiger partial charge in [-0.15, -0.1) is 0 Å². The average molecular weight is 329 g/mol. The fourth-order valence-electron chi connectivity index (χ4n) is 2.24. The van der Waals surface area contributed by atoms with Gasteiger partial charge in [-0.3, -0.25) is 4.79 Å². The van der Waals surface area contributed by atoms with Gasteiger partial charge >= 0.3 is 0 Å². The van der Waals surface area contributed by atoms with Crippen LogP contribution in [0.25, 0.3) is 10.9 Å². The molecule has 1 aromatic heterocycles. The molecule has 0 aliphatic rings. The van der Waals surface area contributed by atoms with Crippen molar-refractivity contribution in [2.45, 2.75) is 11.4 Å². The molecule has 0 fully saturated rings. The van der Waals surface area contributed by atoms with Crippen LogP contribution in [0.2, 0.25) is 0 Å². The molecule has 0 spiro atoms. The molecule has 4 N–H and O–H groups in total. The molecule has 3 aromatic rings. The molecule has 2 aromatic carbocycles. The summed E-state index contributed by atoms with van der Waals surface area (Å²) in [4.78, 5) is 15.2. The number of carbonyl (C=O) groups is 1. The van der Waals surface area contributed by atoms with Crippen LogP contribution in [0, 0.1) is 0 Å². The minimum Gasteiger partial charge on any atom is -0.361 e. The zero-order chi connectivity index (χ0) is 16.4. The van der Waals surface area contributed by atoms with Crippen LogP contribution in [-0.4, -0.2) is 19.3 Å². The van der Waals surface area contributed by atoms with E-state index in [1.165, 1.54) is 12.1 Å². The Morgan fingerprint density at radius 3 is 2.52 bits per heavy atom. The van der Waals surface area contributed by atoms with Gasteiger partial charge in [-0.25, -0.2) is 13.1 Å². The Hall–Kier alpha value is -2.64. The van der Waals surface area contributed by atoms with Crippen LogP contribution in [0.4, 0.5) is 0 Å². The first-order chi connectivity index (χ1) is 11.0. The lowest BCUT2D eigenvalue weighted by atomic mass is 10.1. The Morgan fingerprint density at radius 1 is 1.09 bits per heavy atom. The zero-order valence-corrected chi connectivity index (χ0v) is 12.9. The van der Waals surface area contributed by atoms with Crippen molar-refractivity contribution in [3.05, 3.63) is 65.9 Å². The van der Waals surface area contributed by atoms with E-state index in [0.717, 1.165) is 16.5 Å². The number of rotatable bonds is 4. The average Bonchev–Trinajstić information content (AvgIpc) is 3.02. The summed E-state index contributed by atoms with van der Waals surface area (Å²) in [6.07, 6.45) is 1.75. The Morgan fingerprint density at radius 2 is 1.83 bits per heavy atom. The third kappa shape index (κ3) is 3.10. The van der Waals surface area contributed by atoms with Crippen LogP contribution in [0.5, 0.6) is 0 Å². The minimum atomic E-state index is -3.92. The normalized spacial score (nSPS) is 11.5. The number of hydrogen-bond donors (Lipinski definition) is 3. The minimum absolute atomic E-state index is 0.0192. The van der Waals surface area contributed by atoms with Crippen LogP contribution in [0.1, 0.15) is 15.9 Å². The van der Waals surface area contributed by atoms with Crippen LogP contribution in [-0.2, 0) is 16.6 Å². The van der Waals surface area contributed by atoms with Gasteiger partial charge in [0.05, 0.1) is 4.90 Å². The van der Waals surface area contributed by atoms with Crippen molar-refractivity contribution >= 4 is 26.8 Å². The molecule has 0 aliphatic carbocycles. The highest BCUT2D eigenvalue weighted by Crippen LogP contribution is 2.15. The van der Waals surface area contributed by atoms with Crippen molar-refractivity contribution < 1.29 is 13.2 Å². The van der Waals surface area contributed by atoms with E-state index in [1.807, 2.05) is 6.07 Å². The molecule has 6 nitrogen and oxygen atoms in total. The van der Waals surface area contributed by atoms with Gasteiger partial charge in [-0.05, 0) is 42.0 Å². The lowest BCUT2D eigenvalue weighted by Gasteiger charge is -2.08. The molecular weight excluding hydrogens is 314 g/mol. The maximum atomic E-state index is 12.3. The molecule has 0 atom stereocenters. The molecule has 7 heteroatoms. The lowest BCUT2D eigenvalue weighted by Crippen LogP contribution is -2.30. The van der Waals surface area contributed by atoms with E-state index in [9.17, 15) is 13.2 Å². The molecule has 0 bridgehead atoms. The third-order valence-corrected chi connectivity index (χ3v) is 4.86. The standard InChI is InChI=1S/C16H15N3O3S/c17-10-11-1-4-14(5-2-11)23(21,22)19-16(20)13-3-6-15-12(9-13)7-8-18-15/h1-9,18H,10,17H2,(H,19,20). The van der Waals surface area contributed by atoms with Gasteiger partial charge < -0.3 is 10.7 Å². The molecule has 0 saturated carbocycles. The van der Waals surface area contributed by atoms with Gasteiger partial charge in [0.1, 0.15) is 0 Å². The first-order valence-corrected chi connectivity index (χ1v) is 8.41. The predicted molar refractivity (Wildman–Crippen MR) is 87.3 cm³/mol. The highest BCUT2D eigenvalue weighted by atomic mass is 32.2. The monoisotopic (exact) mass is 329 g/mol. The van der Waals surface area contributed by atoms with Crippen LogP contribution >= 0.6 is 0 Å². The van der Waals surface area contributed by atoms with Crippen molar-refractivity contribution in [2.75, 3.05) is 0 Å². The van der Waals surface area contributed by atoms with E-state index >= 15 is 0 Å². The van der Waals surface area contributed by atoms with Crippen LogP contribution in [0.15, 0.2) is 59.6 Å². The number of H-pyrrole nitrogens is 1. The predicted octanol–water partition coefficient (Wildman–Crippen LogP) is 1.75. The number of sulfonamides is 1. The van der Waals surface area contributed by atoms with E-state index < -0.39 is 15.9 Å². The van der Waals surface area contributed by atoms with Crippen molar-refractivity contribution in [1.29, 1.82) is 0 Å². The van der Waals surface area contributed by atoms with Gasteiger partial charge in [0.25, 0.3) is 15.9 Å². The lowest BCUT2D eigenvalue weighted by molar-refractivity contribution is 0.0981. The highest BCUT2D eigenvalue weighted by Gasteiger charge is 2.18. The number of nitrogens with two attached hydrogens (primary N) is 1. The SMILES string of the molecule is NCc1ccc(S(=O)(=O)NC(=O)c2ccc3[nH]ccc3c2)cc1. The number of amides is 1. The van der Waals surface area contributed by atoms with Gasteiger partial charge in [0.15, 0.2) is 0 Å². The Bertz CT molecular complexity index is 960. The van der Waals surface area contributed by atoms with Gasteiger partial charge in [0, 0.05) is 29.2 Å². The van der Waals surface area contributed by atoms with Crippen LogP contribution in [0.3, 0.4) is 0 Å². The first-order valence-electron chi connectivity index (χ1n) is 6.93.